The maximum Gasteiger partial charge on any atom is 0.221 e. The van der Waals surface area contributed by atoms with E-state index < -0.39 is 5.91 Å². The van der Waals surface area contributed by atoms with E-state index in [2.05, 4.69) is 4.98 Å². The molecule has 16 heavy (non-hydrogen) atoms. The average Bonchev–Trinajstić information content (AvgIpc) is 2.24. The highest BCUT2D eigenvalue weighted by Gasteiger charge is 2.13. The Morgan fingerprint density at radius 1 is 1.31 bits per heavy atom. The summed E-state index contributed by atoms with van der Waals surface area (Å²) in [6.07, 6.45) is 0.0571. The number of fused-ring (bicyclic) bond motifs is 1. The van der Waals surface area contributed by atoms with Gasteiger partial charge in [0.1, 0.15) is 5.15 Å². The molecule has 5 heteroatoms. The first-order valence-corrected chi connectivity index (χ1v) is 5.36. The number of aromatic nitrogens is 1. The molecular formula is C11H8Cl2N2O. The number of nitrogens with zero attached hydrogens (tertiary/aromatic N) is 1. The number of nitrogens with two attached hydrogens (primary N) is 1. The van der Waals surface area contributed by atoms with E-state index in [1.54, 1.807) is 0 Å². The minimum absolute atomic E-state index is 0.0571. The summed E-state index contributed by atoms with van der Waals surface area (Å²) in [5, 5.41) is 1.28. The van der Waals surface area contributed by atoms with E-state index in [9.17, 15) is 4.79 Å². The highest BCUT2D eigenvalue weighted by atomic mass is 35.5. The molecule has 2 aromatic rings. The second kappa shape index (κ2) is 4.28. The van der Waals surface area contributed by atoms with Crippen molar-refractivity contribution in [2.75, 3.05) is 0 Å². The molecule has 1 aromatic heterocycles. The zero-order valence-corrected chi connectivity index (χ0v) is 9.72. The zero-order valence-electron chi connectivity index (χ0n) is 8.21. The number of rotatable bonds is 2. The molecule has 1 heterocycles. The molecule has 1 amide bonds. The normalized spacial score (nSPS) is 10.6. The lowest BCUT2D eigenvalue weighted by molar-refractivity contribution is -0.117. The molecule has 3 nitrogen and oxygen atoms in total. The fourth-order valence-electron chi connectivity index (χ4n) is 1.57. The Morgan fingerprint density at radius 3 is 2.69 bits per heavy atom. The minimum atomic E-state index is -0.450. The Hall–Kier alpha value is -1.32. The topological polar surface area (TPSA) is 56.0 Å². The van der Waals surface area contributed by atoms with Gasteiger partial charge in [-0.1, -0.05) is 41.4 Å². The summed E-state index contributed by atoms with van der Waals surface area (Å²) >= 11 is 11.9. The maximum absolute atomic E-state index is 11.0. The molecule has 0 radical (unpaired) electrons. The van der Waals surface area contributed by atoms with Gasteiger partial charge in [0.2, 0.25) is 5.91 Å². The number of primary amides is 1. The first-order chi connectivity index (χ1) is 7.59. The van der Waals surface area contributed by atoms with E-state index in [1.807, 2.05) is 24.3 Å². The van der Waals surface area contributed by atoms with E-state index in [0.717, 1.165) is 5.39 Å². The van der Waals surface area contributed by atoms with Gasteiger partial charge in [-0.3, -0.25) is 4.79 Å². The predicted molar refractivity (Wildman–Crippen MR) is 64.7 cm³/mol. The lowest BCUT2D eigenvalue weighted by atomic mass is 10.1. The van der Waals surface area contributed by atoms with Crippen LogP contribution in [0.15, 0.2) is 24.3 Å². The number of halogens is 2. The predicted octanol–water partition coefficient (Wildman–Crippen LogP) is 2.57. The van der Waals surface area contributed by atoms with Crippen LogP contribution in [0.25, 0.3) is 10.9 Å². The Balaban J connectivity index is 2.76. The third-order valence-electron chi connectivity index (χ3n) is 2.24. The molecule has 0 aliphatic heterocycles. The third-order valence-corrected chi connectivity index (χ3v) is 3.02. The number of amides is 1. The van der Waals surface area contributed by atoms with Crippen molar-refractivity contribution in [3.63, 3.8) is 0 Å². The number of carbonyl (C=O) groups excluding carboxylic acids is 1. The van der Waals surface area contributed by atoms with Gasteiger partial charge in [0.15, 0.2) is 0 Å². The molecule has 1 aromatic carbocycles. The largest absolute Gasteiger partial charge is 0.369 e. The Bertz CT molecular complexity index is 569. The van der Waals surface area contributed by atoms with E-state index >= 15 is 0 Å². The van der Waals surface area contributed by atoms with E-state index in [0.29, 0.717) is 16.1 Å². The van der Waals surface area contributed by atoms with Gasteiger partial charge >= 0.3 is 0 Å². The Morgan fingerprint density at radius 2 is 2.00 bits per heavy atom. The smallest absolute Gasteiger partial charge is 0.221 e. The molecule has 2 N–H and O–H groups in total. The fraction of sp³-hybridized carbons (Fsp3) is 0.0909. The SMILES string of the molecule is NC(=O)Cc1c(Cl)c(Cl)nc2ccccc12. The Labute approximate surface area is 102 Å². The van der Waals surface area contributed by atoms with E-state index in [4.69, 9.17) is 28.9 Å². The fourth-order valence-corrected chi connectivity index (χ4v) is 1.99. The lowest BCUT2D eigenvalue weighted by Gasteiger charge is -2.08. The summed E-state index contributed by atoms with van der Waals surface area (Å²) in [7, 11) is 0. The second-order valence-corrected chi connectivity index (χ2v) is 4.09. The number of carbonyl (C=O) groups is 1. The highest BCUT2D eigenvalue weighted by molar-refractivity contribution is 6.42. The van der Waals surface area contributed by atoms with Gasteiger partial charge in [-0.2, -0.15) is 0 Å². The van der Waals surface area contributed by atoms with Crippen LogP contribution in [0.3, 0.4) is 0 Å². The van der Waals surface area contributed by atoms with Gasteiger partial charge in [0.05, 0.1) is 17.0 Å². The second-order valence-electron chi connectivity index (χ2n) is 3.36. The first kappa shape index (κ1) is 11.2. The molecule has 0 bridgehead atoms. The van der Waals surface area contributed by atoms with Crippen LogP contribution in [0.5, 0.6) is 0 Å². The maximum atomic E-state index is 11.0. The Kier molecular flexibility index (Phi) is 2.99. The summed E-state index contributed by atoms with van der Waals surface area (Å²) in [5.41, 5.74) is 6.50. The molecular weight excluding hydrogens is 247 g/mol. The van der Waals surface area contributed by atoms with Gasteiger partial charge in [-0.25, -0.2) is 4.98 Å². The highest BCUT2D eigenvalue weighted by Crippen LogP contribution is 2.30. The average molecular weight is 255 g/mol. The van der Waals surface area contributed by atoms with E-state index in [-0.39, 0.29) is 11.6 Å². The van der Waals surface area contributed by atoms with Crippen LogP contribution in [0.1, 0.15) is 5.56 Å². The van der Waals surface area contributed by atoms with Crippen LogP contribution in [-0.2, 0) is 11.2 Å². The van der Waals surface area contributed by atoms with Crippen molar-refractivity contribution in [1.82, 2.24) is 4.98 Å². The monoisotopic (exact) mass is 254 g/mol. The number of benzene rings is 1. The van der Waals surface area contributed by atoms with Crippen LogP contribution < -0.4 is 5.73 Å². The van der Waals surface area contributed by atoms with Crippen LogP contribution >= 0.6 is 23.2 Å². The molecule has 0 saturated carbocycles. The summed E-state index contributed by atoms with van der Waals surface area (Å²) in [5.74, 6) is -0.450. The molecule has 0 aliphatic rings. The van der Waals surface area contributed by atoms with Gasteiger partial charge in [-0.15, -0.1) is 0 Å². The quantitative estimate of drug-likeness (QED) is 0.838. The van der Waals surface area contributed by atoms with Crippen molar-refractivity contribution in [1.29, 1.82) is 0 Å². The van der Waals surface area contributed by atoms with Crippen molar-refractivity contribution in [2.45, 2.75) is 6.42 Å². The van der Waals surface area contributed by atoms with Gasteiger partial charge in [0.25, 0.3) is 0 Å². The molecule has 0 unspecified atom stereocenters. The summed E-state index contributed by atoms with van der Waals surface area (Å²) in [6, 6.07) is 7.33. The number of hydrogen-bond donors (Lipinski definition) is 1. The minimum Gasteiger partial charge on any atom is -0.369 e. The molecule has 0 saturated heterocycles. The molecule has 0 aliphatic carbocycles. The van der Waals surface area contributed by atoms with Crippen LogP contribution in [0.4, 0.5) is 0 Å². The van der Waals surface area contributed by atoms with Gasteiger partial charge < -0.3 is 5.73 Å². The van der Waals surface area contributed by atoms with Crippen LogP contribution in [0.2, 0.25) is 10.2 Å². The van der Waals surface area contributed by atoms with Crippen molar-refractivity contribution in [3.8, 4) is 0 Å². The zero-order chi connectivity index (χ0) is 11.7. The van der Waals surface area contributed by atoms with Crippen LogP contribution in [-0.4, -0.2) is 10.9 Å². The molecule has 0 atom stereocenters. The third kappa shape index (κ3) is 1.96. The van der Waals surface area contributed by atoms with Crippen molar-refractivity contribution in [2.24, 2.45) is 5.73 Å². The van der Waals surface area contributed by atoms with E-state index in [1.165, 1.54) is 0 Å². The van der Waals surface area contributed by atoms with Gasteiger partial charge in [-0.05, 0) is 11.6 Å². The summed E-state index contributed by atoms with van der Waals surface area (Å²) in [4.78, 5) is 15.1. The molecule has 2 rings (SSSR count). The number of pyridine rings is 1. The standard InChI is InChI=1S/C11H8Cl2N2O/c12-10-7(5-9(14)16)6-3-1-2-4-8(6)15-11(10)13/h1-4H,5H2,(H2,14,16). The summed E-state index contributed by atoms with van der Waals surface area (Å²) < 4.78 is 0. The van der Waals surface area contributed by atoms with Crippen LogP contribution in [0, 0.1) is 0 Å². The van der Waals surface area contributed by atoms with Crippen molar-refractivity contribution in [3.05, 3.63) is 40.0 Å². The first-order valence-electron chi connectivity index (χ1n) is 4.60. The molecule has 0 fully saturated rings. The molecule has 82 valence electrons. The molecule has 0 spiro atoms. The number of hydrogen-bond acceptors (Lipinski definition) is 2. The van der Waals surface area contributed by atoms with Gasteiger partial charge in [0, 0.05) is 5.39 Å². The number of para-hydroxylation sites is 1. The van der Waals surface area contributed by atoms with Crippen molar-refractivity contribution >= 4 is 40.0 Å². The lowest BCUT2D eigenvalue weighted by Crippen LogP contribution is -2.14. The summed E-state index contributed by atoms with van der Waals surface area (Å²) in [6.45, 7) is 0. The van der Waals surface area contributed by atoms with Crippen molar-refractivity contribution < 1.29 is 4.79 Å².